The van der Waals surface area contributed by atoms with Crippen LogP contribution in [-0.2, 0) is 0 Å². The SMILES string of the molecule is CC(O)COc1cc(N2CCCCC2)cc2[nH]ccc12. The second-order valence-corrected chi connectivity index (χ2v) is 5.59. The molecule has 1 aliphatic rings. The zero-order valence-corrected chi connectivity index (χ0v) is 11.9. The Morgan fingerprint density at radius 1 is 1.30 bits per heavy atom. The Morgan fingerprint density at radius 2 is 2.10 bits per heavy atom. The molecule has 108 valence electrons. The zero-order chi connectivity index (χ0) is 13.9. The van der Waals surface area contributed by atoms with Gasteiger partial charge in [0.1, 0.15) is 12.4 Å². The molecule has 0 radical (unpaired) electrons. The minimum absolute atomic E-state index is 0.323. The topological polar surface area (TPSA) is 48.5 Å². The van der Waals surface area contributed by atoms with Gasteiger partial charge in [-0.05, 0) is 38.3 Å². The first-order valence-corrected chi connectivity index (χ1v) is 7.41. The summed E-state index contributed by atoms with van der Waals surface area (Å²) in [4.78, 5) is 5.67. The van der Waals surface area contributed by atoms with E-state index in [-0.39, 0.29) is 0 Å². The number of benzene rings is 1. The molecule has 0 spiro atoms. The van der Waals surface area contributed by atoms with Gasteiger partial charge >= 0.3 is 0 Å². The molecule has 0 aliphatic carbocycles. The highest BCUT2D eigenvalue weighted by Crippen LogP contribution is 2.32. The van der Waals surface area contributed by atoms with Gasteiger partial charge in [-0.15, -0.1) is 0 Å². The van der Waals surface area contributed by atoms with Gasteiger partial charge in [-0.25, -0.2) is 0 Å². The van der Waals surface area contributed by atoms with E-state index < -0.39 is 6.10 Å². The third-order valence-corrected chi connectivity index (χ3v) is 3.82. The van der Waals surface area contributed by atoms with E-state index in [9.17, 15) is 5.11 Å². The van der Waals surface area contributed by atoms with E-state index in [0.717, 1.165) is 29.7 Å². The highest BCUT2D eigenvalue weighted by Gasteiger charge is 2.14. The van der Waals surface area contributed by atoms with Crippen LogP contribution in [0.15, 0.2) is 24.4 Å². The van der Waals surface area contributed by atoms with Crippen LogP contribution in [0.5, 0.6) is 5.75 Å². The van der Waals surface area contributed by atoms with Crippen LogP contribution in [0.4, 0.5) is 5.69 Å². The molecule has 1 fully saturated rings. The molecule has 2 heterocycles. The number of H-pyrrole nitrogens is 1. The fourth-order valence-electron chi connectivity index (χ4n) is 2.78. The largest absolute Gasteiger partial charge is 0.490 e. The molecule has 0 saturated carbocycles. The Balaban J connectivity index is 1.92. The highest BCUT2D eigenvalue weighted by atomic mass is 16.5. The number of aromatic nitrogens is 1. The molecule has 1 aromatic heterocycles. The number of hydrogen-bond acceptors (Lipinski definition) is 3. The van der Waals surface area contributed by atoms with Gasteiger partial charge in [0.05, 0.1) is 11.6 Å². The summed E-state index contributed by atoms with van der Waals surface area (Å²) in [5, 5.41) is 10.5. The van der Waals surface area contributed by atoms with Crippen LogP contribution in [0.2, 0.25) is 0 Å². The first-order chi connectivity index (χ1) is 9.74. The van der Waals surface area contributed by atoms with Gasteiger partial charge < -0.3 is 19.7 Å². The number of aromatic amines is 1. The van der Waals surface area contributed by atoms with Crippen molar-refractivity contribution in [2.75, 3.05) is 24.6 Å². The van der Waals surface area contributed by atoms with Crippen LogP contribution >= 0.6 is 0 Å². The number of fused-ring (bicyclic) bond motifs is 1. The van der Waals surface area contributed by atoms with Crippen molar-refractivity contribution >= 4 is 16.6 Å². The highest BCUT2D eigenvalue weighted by molar-refractivity contribution is 5.89. The van der Waals surface area contributed by atoms with Crippen LogP contribution in [0, 0.1) is 0 Å². The molecule has 1 unspecified atom stereocenters. The molecule has 4 heteroatoms. The zero-order valence-electron chi connectivity index (χ0n) is 11.9. The van der Waals surface area contributed by atoms with Gasteiger partial charge in [-0.1, -0.05) is 0 Å². The number of rotatable bonds is 4. The Bertz CT molecular complexity index is 571. The third kappa shape index (κ3) is 2.75. The molecule has 0 amide bonds. The Hall–Kier alpha value is -1.68. The normalized spacial score (nSPS) is 17.4. The standard InChI is InChI=1S/C16H22N2O2/c1-12(19)11-20-16-10-13(18-7-3-2-4-8-18)9-15-14(16)5-6-17-15/h5-6,9-10,12,17,19H,2-4,7-8,11H2,1H3. The minimum Gasteiger partial charge on any atom is -0.490 e. The molecule has 20 heavy (non-hydrogen) atoms. The Labute approximate surface area is 119 Å². The summed E-state index contributed by atoms with van der Waals surface area (Å²) < 4.78 is 5.77. The van der Waals surface area contributed by atoms with Crippen molar-refractivity contribution in [3.63, 3.8) is 0 Å². The summed E-state index contributed by atoms with van der Waals surface area (Å²) in [6.45, 7) is 4.29. The van der Waals surface area contributed by atoms with E-state index in [2.05, 4.69) is 22.0 Å². The van der Waals surface area contributed by atoms with Gasteiger partial charge in [0, 0.05) is 36.4 Å². The van der Waals surface area contributed by atoms with Crippen molar-refractivity contribution in [1.82, 2.24) is 4.98 Å². The number of hydrogen-bond donors (Lipinski definition) is 2. The fraction of sp³-hybridized carbons (Fsp3) is 0.500. The van der Waals surface area contributed by atoms with Gasteiger partial charge in [-0.2, -0.15) is 0 Å². The summed E-state index contributed by atoms with van der Waals surface area (Å²) in [7, 11) is 0. The van der Waals surface area contributed by atoms with Gasteiger partial charge in [-0.3, -0.25) is 0 Å². The third-order valence-electron chi connectivity index (χ3n) is 3.82. The average Bonchev–Trinajstić information content (AvgIpc) is 2.94. The quantitative estimate of drug-likeness (QED) is 0.901. The van der Waals surface area contributed by atoms with E-state index >= 15 is 0 Å². The van der Waals surface area contributed by atoms with Crippen molar-refractivity contribution in [3.05, 3.63) is 24.4 Å². The maximum absolute atomic E-state index is 9.41. The summed E-state index contributed by atoms with van der Waals surface area (Å²) in [5.74, 6) is 0.852. The molecule has 3 rings (SSSR count). The smallest absolute Gasteiger partial charge is 0.130 e. The number of piperidine rings is 1. The monoisotopic (exact) mass is 274 g/mol. The van der Waals surface area contributed by atoms with E-state index in [1.807, 2.05) is 12.3 Å². The predicted molar refractivity (Wildman–Crippen MR) is 81.5 cm³/mol. The van der Waals surface area contributed by atoms with Crippen molar-refractivity contribution in [2.45, 2.75) is 32.3 Å². The number of anilines is 1. The Kier molecular flexibility index (Phi) is 3.83. The van der Waals surface area contributed by atoms with E-state index in [1.54, 1.807) is 6.92 Å². The molecular formula is C16H22N2O2. The van der Waals surface area contributed by atoms with Crippen molar-refractivity contribution in [1.29, 1.82) is 0 Å². The van der Waals surface area contributed by atoms with Gasteiger partial charge in [0.2, 0.25) is 0 Å². The first kappa shape index (κ1) is 13.3. The lowest BCUT2D eigenvalue weighted by molar-refractivity contribution is 0.123. The summed E-state index contributed by atoms with van der Waals surface area (Å²) in [6, 6.07) is 6.31. The van der Waals surface area contributed by atoms with E-state index in [0.29, 0.717) is 6.61 Å². The van der Waals surface area contributed by atoms with Crippen molar-refractivity contribution in [2.24, 2.45) is 0 Å². The van der Waals surface area contributed by atoms with Crippen LogP contribution in [-0.4, -0.2) is 35.9 Å². The predicted octanol–water partition coefficient (Wildman–Crippen LogP) is 2.92. The molecule has 2 N–H and O–H groups in total. The molecular weight excluding hydrogens is 252 g/mol. The average molecular weight is 274 g/mol. The summed E-state index contributed by atoms with van der Waals surface area (Å²) >= 11 is 0. The van der Waals surface area contributed by atoms with Crippen LogP contribution < -0.4 is 9.64 Å². The number of nitrogens with zero attached hydrogens (tertiary/aromatic N) is 1. The maximum atomic E-state index is 9.41. The van der Waals surface area contributed by atoms with Crippen LogP contribution in [0.1, 0.15) is 26.2 Å². The molecule has 1 aromatic carbocycles. The lowest BCUT2D eigenvalue weighted by Gasteiger charge is -2.29. The maximum Gasteiger partial charge on any atom is 0.130 e. The van der Waals surface area contributed by atoms with Crippen LogP contribution in [0.3, 0.4) is 0 Å². The van der Waals surface area contributed by atoms with Crippen molar-refractivity contribution in [3.8, 4) is 5.75 Å². The fourth-order valence-corrected chi connectivity index (χ4v) is 2.78. The van der Waals surface area contributed by atoms with Gasteiger partial charge in [0.15, 0.2) is 0 Å². The summed E-state index contributed by atoms with van der Waals surface area (Å²) in [6.07, 6.45) is 5.31. The van der Waals surface area contributed by atoms with Crippen LogP contribution in [0.25, 0.3) is 10.9 Å². The first-order valence-electron chi connectivity index (χ1n) is 7.41. The lowest BCUT2D eigenvalue weighted by Crippen LogP contribution is -2.29. The number of aliphatic hydroxyl groups is 1. The number of ether oxygens (including phenoxy) is 1. The summed E-state index contributed by atoms with van der Waals surface area (Å²) in [5.41, 5.74) is 2.30. The number of nitrogens with one attached hydrogen (secondary N) is 1. The molecule has 1 saturated heterocycles. The van der Waals surface area contributed by atoms with E-state index in [4.69, 9.17) is 4.74 Å². The molecule has 4 nitrogen and oxygen atoms in total. The van der Waals surface area contributed by atoms with Gasteiger partial charge in [0.25, 0.3) is 0 Å². The number of aliphatic hydroxyl groups excluding tert-OH is 1. The molecule has 1 atom stereocenters. The molecule has 0 bridgehead atoms. The lowest BCUT2D eigenvalue weighted by atomic mass is 10.1. The second kappa shape index (κ2) is 5.75. The van der Waals surface area contributed by atoms with Crippen molar-refractivity contribution < 1.29 is 9.84 Å². The Morgan fingerprint density at radius 3 is 2.85 bits per heavy atom. The second-order valence-electron chi connectivity index (χ2n) is 5.59. The molecule has 1 aliphatic heterocycles. The minimum atomic E-state index is -0.456. The van der Waals surface area contributed by atoms with E-state index in [1.165, 1.54) is 24.9 Å². The molecule has 2 aromatic rings.